The quantitative estimate of drug-likeness (QED) is 0.439. The first-order valence-electron chi connectivity index (χ1n) is 9.57. The largest absolute Gasteiger partial charge is 0.444 e. The lowest BCUT2D eigenvalue weighted by Crippen LogP contribution is -2.39. The highest BCUT2D eigenvalue weighted by molar-refractivity contribution is 9.10. The first-order valence-corrected chi connectivity index (χ1v) is 10.4. The number of carbonyl (C=O) groups excluding carboxylic acids is 1. The van der Waals surface area contributed by atoms with E-state index in [2.05, 4.69) is 22.0 Å². The first kappa shape index (κ1) is 19.6. The molecule has 0 N–H and O–H groups in total. The van der Waals surface area contributed by atoms with Crippen LogP contribution in [-0.2, 0) is 17.8 Å². The van der Waals surface area contributed by atoms with Crippen molar-refractivity contribution in [2.75, 3.05) is 4.90 Å². The second-order valence-electron chi connectivity index (χ2n) is 7.27. The zero-order valence-electron chi connectivity index (χ0n) is 16.1. The SMILES string of the molecule is Cc1cc(Br)c2c(c1)CCC(c1cccc(F)c1)N2C(=O)OCc1ccccc1. The molecule has 3 aromatic rings. The molecule has 1 aliphatic heterocycles. The molecule has 3 nitrogen and oxygen atoms in total. The Balaban J connectivity index is 1.71. The van der Waals surface area contributed by atoms with E-state index in [0.29, 0.717) is 6.42 Å². The molecule has 0 bridgehead atoms. The lowest BCUT2D eigenvalue weighted by Gasteiger charge is -2.37. The van der Waals surface area contributed by atoms with E-state index in [-0.39, 0.29) is 18.5 Å². The molecule has 1 aliphatic rings. The maximum Gasteiger partial charge on any atom is 0.415 e. The topological polar surface area (TPSA) is 29.5 Å². The first-order chi connectivity index (χ1) is 14.0. The van der Waals surface area contributed by atoms with Gasteiger partial charge in [-0.1, -0.05) is 48.5 Å². The number of aryl methyl sites for hydroxylation is 2. The molecule has 0 fully saturated rings. The van der Waals surface area contributed by atoms with Crippen molar-refractivity contribution in [1.29, 1.82) is 0 Å². The number of benzene rings is 3. The zero-order chi connectivity index (χ0) is 20.4. The fourth-order valence-corrected chi connectivity index (χ4v) is 4.69. The van der Waals surface area contributed by atoms with Gasteiger partial charge in [-0.05, 0) is 76.1 Å². The van der Waals surface area contributed by atoms with Crippen molar-refractivity contribution in [2.45, 2.75) is 32.4 Å². The van der Waals surface area contributed by atoms with Gasteiger partial charge in [-0.15, -0.1) is 0 Å². The Bertz CT molecular complexity index is 1040. The van der Waals surface area contributed by atoms with Crippen molar-refractivity contribution in [1.82, 2.24) is 0 Å². The van der Waals surface area contributed by atoms with Gasteiger partial charge in [0.05, 0.1) is 11.7 Å². The Labute approximate surface area is 178 Å². The average Bonchev–Trinajstić information content (AvgIpc) is 2.72. The smallest absolute Gasteiger partial charge is 0.415 e. The number of carbonyl (C=O) groups is 1. The molecule has 0 aliphatic carbocycles. The maximum atomic E-state index is 13.9. The fraction of sp³-hybridized carbons (Fsp3) is 0.208. The maximum absolute atomic E-state index is 13.9. The van der Waals surface area contributed by atoms with E-state index in [0.717, 1.165) is 38.8 Å². The number of nitrogens with zero attached hydrogens (tertiary/aromatic N) is 1. The van der Waals surface area contributed by atoms with E-state index in [1.54, 1.807) is 11.0 Å². The Morgan fingerprint density at radius 3 is 2.69 bits per heavy atom. The summed E-state index contributed by atoms with van der Waals surface area (Å²) in [5.74, 6) is -0.311. The third-order valence-electron chi connectivity index (χ3n) is 5.16. The van der Waals surface area contributed by atoms with Crippen LogP contribution in [-0.4, -0.2) is 6.09 Å². The molecule has 0 saturated heterocycles. The van der Waals surface area contributed by atoms with Gasteiger partial charge >= 0.3 is 6.09 Å². The van der Waals surface area contributed by atoms with Crippen LogP contribution >= 0.6 is 15.9 Å². The number of amides is 1. The van der Waals surface area contributed by atoms with E-state index in [1.807, 2.05) is 49.4 Å². The summed E-state index contributed by atoms with van der Waals surface area (Å²) in [5, 5.41) is 0. The minimum Gasteiger partial charge on any atom is -0.444 e. The molecule has 1 amide bonds. The van der Waals surface area contributed by atoms with Gasteiger partial charge in [-0.3, -0.25) is 4.90 Å². The lowest BCUT2D eigenvalue weighted by atomic mass is 9.90. The Morgan fingerprint density at radius 1 is 1.14 bits per heavy atom. The van der Waals surface area contributed by atoms with Gasteiger partial charge in [0, 0.05) is 4.47 Å². The highest BCUT2D eigenvalue weighted by Gasteiger charge is 2.35. The number of hydrogen-bond donors (Lipinski definition) is 0. The molecule has 1 heterocycles. The van der Waals surface area contributed by atoms with Crippen molar-refractivity contribution in [3.63, 3.8) is 0 Å². The molecule has 1 atom stereocenters. The third-order valence-corrected chi connectivity index (χ3v) is 5.77. The molecule has 0 saturated carbocycles. The molecule has 0 aromatic heterocycles. The van der Waals surface area contributed by atoms with Gasteiger partial charge < -0.3 is 4.74 Å². The Kier molecular flexibility index (Phi) is 5.67. The number of hydrogen-bond acceptors (Lipinski definition) is 2. The third kappa shape index (κ3) is 4.20. The van der Waals surface area contributed by atoms with Crippen LogP contribution < -0.4 is 4.90 Å². The predicted molar refractivity (Wildman–Crippen MR) is 115 cm³/mol. The van der Waals surface area contributed by atoms with Crippen molar-refractivity contribution < 1.29 is 13.9 Å². The summed E-state index contributed by atoms with van der Waals surface area (Å²) in [6.45, 7) is 2.21. The molecule has 5 heteroatoms. The Hall–Kier alpha value is -2.66. The van der Waals surface area contributed by atoms with Crippen molar-refractivity contribution in [3.05, 3.63) is 99.3 Å². The second-order valence-corrected chi connectivity index (χ2v) is 8.13. The standard InChI is InChI=1S/C24H21BrFNO2/c1-16-12-19-10-11-22(18-8-5-9-20(26)14-18)27(23(19)21(25)13-16)24(28)29-15-17-6-3-2-4-7-17/h2-9,12-14,22H,10-11,15H2,1H3. The molecular formula is C24H21BrFNO2. The molecule has 29 heavy (non-hydrogen) atoms. The minimum absolute atomic E-state index is 0.185. The van der Waals surface area contributed by atoms with Gasteiger partial charge in [-0.25, -0.2) is 9.18 Å². The van der Waals surface area contributed by atoms with Gasteiger partial charge in [0.15, 0.2) is 0 Å². The van der Waals surface area contributed by atoms with E-state index >= 15 is 0 Å². The molecular weight excluding hydrogens is 433 g/mol. The predicted octanol–water partition coefficient (Wildman–Crippen LogP) is 6.73. The minimum atomic E-state index is -0.436. The highest BCUT2D eigenvalue weighted by Crippen LogP contribution is 2.43. The summed E-state index contributed by atoms with van der Waals surface area (Å²) in [5.41, 5.74) is 4.69. The number of rotatable bonds is 3. The monoisotopic (exact) mass is 453 g/mol. The van der Waals surface area contributed by atoms with Crippen LogP contribution in [0.4, 0.5) is 14.9 Å². The zero-order valence-corrected chi connectivity index (χ0v) is 17.7. The van der Waals surface area contributed by atoms with Crippen LogP contribution in [0.15, 0.2) is 71.2 Å². The van der Waals surface area contributed by atoms with Crippen molar-refractivity contribution in [3.8, 4) is 0 Å². The van der Waals surface area contributed by atoms with Crippen LogP contribution in [0, 0.1) is 12.7 Å². The summed E-state index contributed by atoms with van der Waals surface area (Å²) >= 11 is 3.63. The summed E-state index contributed by atoms with van der Waals surface area (Å²) in [6, 6.07) is 19.8. The molecule has 3 aromatic carbocycles. The summed E-state index contributed by atoms with van der Waals surface area (Å²) in [6.07, 6.45) is 1.07. The number of halogens is 2. The van der Waals surface area contributed by atoms with Crippen LogP contribution in [0.1, 0.15) is 34.7 Å². The van der Waals surface area contributed by atoms with E-state index in [1.165, 1.54) is 12.1 Å². The molecule has 4 rings (SSSR count). The van der Waals surface area contributed by atoms with Gasteiger partial charge in [0.25, 0.3) is 0 Å². The van der Waals surface area contributed by atoms with Gasteiger partial charge in [-0.2, -0.15) is 0 Å². The lowest BCUT2D eigenvalue weighted by molar-refractivity contribution is 0.143. The van der Waals surface area contributed by atoms with Crippen molar-refractivity contribution in [2.24, 2.45) is 0 Å². The molecule has 1 unspecified atom stereocenters. The van der Waals surface area contributed by atoms with Crippen molar-refractivity contribution >= 4 is 27.7 Å². The molecule has 0 spiro atoms. The molecule has 148 valence electrons. The number of anilines is 1. The van der Waals surface area contributed by atoms with Gasteiger partial charge in [0.2, 0.25) is 0 Å². The summed E-state index contributed by atoms with van der Waals surface area (Å²) in [4.78, 5) is 14.9. The second kappa shape index (κ2) is 8.37. The van der Waals surface area contributed by atoms with E-state index in [4.69, 9.17) is 4.74 Å². The van der Waals surface area contributed by atoms with Crippen LogP contribution in [0.3, 0.4) is 0 Å². The summed E-state index contributed by atoms with van der Waals surface area (Å²) in [7, 11) is 0. The summed E-state index contributed by atoms with van der Waals surface area (Å²) < 4.78 is 20.4. The van der Waals surface area contributed by atoms with Crippen LogP contribution in [0.5, 0.6) is 0 Å². The average molecular weight is 454 g/mol. The van der Waals surface area contributed by atoms with E-state index in [9.17, 15) is 9.18 Å². The van der Waals surface area contributed by atoms with Crippen LogP contribution in [0.25, 0.3) is 0 Å². The fourth-order valence-electron chi connectivity index (χ4n) is 3.88. The normalized spacial score (nSPS) is 15.7. The number of ether oxygens (including phenoxy) is 1. The van der Waals surface area contributed by atoms with Gasteiger partial charge in [0.1, 0.15) is 12.4 Å². The number of fused-ring (bicyclic) bond motifs is 1. The molecule has 0 radical (unpaired) electrons. The highest BCUT2D eigenvalue weighted by atomic mass is 79.9. The Morgan fingerprint density at radius 2 is 1.93 bits per heavy atom. The van der Waals surface area contributed by atoms with Crippen LogP contribution in [0.2, 0.25) is 0 Å². The van der Waals surface area contributed by atoms with E-state index < -0.39 is 6.09 Å².